The highest BCUT2D eigenvalue weighted by molar-refractivity contribution is 6.35. The van der Waals surface area contributed by atoms with Crippen molar-refractivity contribution in [2.45, 2.75) is 20.3 Å². The van der Waals surface area contributed by atoms with Crippen LogP contribution in [-0.2, 0) is 4.79 Å². The summed E-state index contributed by atoms with van der Waals surface area (Å²) in [6, 6.07) is 11.6. The van der Waals surface area contributed by atoms with Crippen molar-refractivity contribution in [3.63, 3.8) is 0 Å². The molecule has 1 aliphatic heterocycles. The van der Waals surface area contributed by atoms with Crippen LogP contribution in [0.3, 0.4) is 0 Å². The molecule has 0 spiro atoms. The number of amides is 2. The Bertz CT molecular complexity index is 1400. The number of aryl methyl sites for hydroxylation is 1. The molecule has 3 N–H and O–H groups in total. The minimum Gasteiger partial charge on any atom is -0.497 e. The molecule has 0 saturated carbocycles. The molecule has 0 aliphatic carbocycles. The third-order valence-corrected chi connectivity index (χ3v) is 6.37. The molecule has 2 amide bonds. The van der Waals surface area contributed by atoms with Gasteiger partial charge in [-0.05, 0) is 88.9 Å². The van der Waals surface area contributed by atoms with Crippen LogP contribution in [0.15, 0.2) is 42.5 Å². The summed E-state index contributed by atoms with van der Waals surface area (Å²) in [4.78, 5) is 43.5. The van der Waals surface area contributed by atoms with E-state index < -0.39 is 5.97 Å². The van der Waals surface area contributed by atoms with Crippen molar-refractivity contribution in [2.24, 2.45) is 0 Å². The molecule has 9 heteroatoms. The predicted octanol–water partition coefficient (Wildman–Crippen LogP) is 4.03. The Morgan fingerprint density at radius 2 is 1.76 bits per heavy atom. The number of H-pyrrole nitrogens is 1. The number of nitrogens with one attached hydrogen (secondary N) is 3. The number of carbonyl (C=O) groups is 3. The Hall–Kier alpha value is -4.37. The van der Waals surface area contributed by atoms with E-state index >= 15 is 0 Å². The van der Waals surface area contributed by atoms with E-state index in [0.717, 1.165) is 24.2 Å². The molecule has 1 aromatic heterocycles. The molecular weight excluding hydrogens is 484 g/mol. The quantitative estimate of drug-likeness (QED) is 0.171. The molecule has 0 unspecified atom stereocenters. The van der Waals surface area contributed by atoms with Gasteiger partial charge in [0.05, 0.1) is 29.5 Å². The van der Waals surface area contributed by atoms with Crippen LogP contribution in [0.25, 0.3) is 11.6 Å². The van der Waals surface area contributed by atoms with Crippen LogP contribution >= 0.6 is 0 Å². The number of benzene rings is 2. The van der Waals surface area contributed by atoms with Gasteiger partial charge in [-0.2, -0.15) is 0 Å². The highest BCUT2D eigenvalue weighted by atomic mass is 16.5. The minimum atomic E-state index is -0.516. The van der Waals surface area contributed by atoms with Crippen LogP contribution in [0.4, 0.5) is 5.69 Å². The zero-order valence-electron chi connectivity index (χ0n) is 22.2. The lowest BCUT2D eigenvalue weighted by molar-refractivity contribution is -0.110. The third kappa shape index (κ3) is 5.78. The first-order valence-corrected chi connectivity index (χ1v) is 12.3. The van der Waals surface area contributed by atoms with E-state index in [0.29, 0.717) is 51.7 Å². The van der Waals surface area contributed by atoms with Crippen LogP contribution in [0, 0.1) is 13.8 Å². The molecule has 198 valence electrons. The van der Waals surface area contributed by atoms with Crippen molar-refractivity contribution in [1.29, 1.82) is 0 Å². The fraction of sp³-hybridized carbons (Fsp3) is 0.276. The van der Waals surface area contributed by atoms with Gasteiger partial charge >= 0.3 is 5.97 Å². The molecule has 3 aromatic rings. The summed E-state index contributed by atoms with van der Waals surface area (Å²) in [6.45, 7) is 5.17. The van der Waals surface area contributed by atoms with Crippen molar-refractivity contribution in [3.8, 4) is 11.5 Å². The van der Waals surface area contributed by atoms with Gasteiger partial charge in [-0.3, -0.25) is 9.59 Å². The lowest BCUT2D eigenvalue weighted by atomic mass is 10.0. The normalized spacial score (nSPS) is 13.4. The first-order chi connectivity index (χ1) is 18.2. The molecule has 0 atom stereocenters. The van der Waals surface area contributed by atoms with Gasteiger partial charge in [-0.25, -0.2) is 4.79 Å². The summed E-state index contributed by atoms with van der Waals surface area (Å²) in [5.74, 6) is 0.0181. The molecule has 0 bridgehead atoms. The Morgan fingerprint density at radius 1 is 1.05 bits per heavy atom. The average Bonchev–Trinajstić information content (AvgIpc) is 3.35. The second kappa shape index (κ2) is 11.4. The van der Waals surface area contributed by atoms with E-state index in [-0.39, 0.29) is 11.8 Å². The second-order valence-corrected chi connectivity index (χ2v) is 9.41. The molecule has 0 fully saturated rings. The topological polar surface area (TPSA) is 113 Å². The number of methoxy groups -OCH3 is 1. The van der Waals surface area contributed by atoms with Gasteiger partial charge in [-0.15, -0.1) is 0 Å². The molecular formula is C29H32N4O5. The molecule has 1 aliphatic rings. The van der Waals surface area contributed by atoms with Crippen molar-refractivity contribution in [2.75, 3.05) is 39.6 Å². The van der Waals surface area contributed by atoms with Gasteiger partial charge in [0.1, 0.15) is 11.5 Å². The number of carbonyl (C=O) groups excluding carboxylic acids is 3. The van der Waals surface area contributed by atoms with Crippen LogP contribution < -0.4 is 20.1 Å². The summed E-state index contributed by atoms with van der Waals surface area (Å²) in [5.41, 5.74) is 4.84. The third-order valence-electron chi connectivity index (χ3n) is 6.37. The van der Waals surface area contributed by atoms with E-state index in [1.165, 1.54) is 0 Å². The van der Waals surface area contributed by atoms with Crippen LogP contribution in [0.1, 0.15) is 49.7 Å². The number of aromatic nitrogens is 1. The van der Waals surface area contributed by atoms with Crippen molar-refractivity contribution in [1.82, 2.24) is 15.2 Å². The lowest BCUT2D eigenvalue weighted by Crippen LogP contribution is -2.27. The Labute approximate surface area is 221 Å². The number of hydrogen-bond donors (Lipinski definition) is 3. The zero-order valence-corrected chi connectivity index (χ0v) is 22.2. The standard InChI is InChI=1S/C29H32N4O5/c1-17-24(31-18(2)26(17)28(35)30-13-6-14-33(3)4)16-23-22-12-11-21(15-25(22)32-27(23)34)38-29(36)19-7-9-20(37-5)10-8-19/h7-12,15-16,31H,6,13-14H2,1-5H3,(H,30,35)(H,32,34)/b23-16-. The van der Waals surface area contributed by atoms with E-state index in [9.17, 15) is 14.4 Å². The number of hydrogen-bond acceptors (Lipinski definition) is 6. The summed E-state index contributed by atoms with van der Waals surface area (Å²) in [6.07, 6.45) is 2.60. The van der Waals surface area contributed by atoms with Gasteiger partial charge in [0.25, 0.3) is 11.8 Å². The molecule has 0 saturated heterocycles. The fourth-order valence-corrected chi connectivity index (χ4v) is 4.36. The monoisotopic (exact) mass is 516 g/mol. The largest absolute Gasteiger partial charge is 0.497 e. The van der Waals surface area contributed by atoms with Crippen molar-refractivity contribution >= 4 is 35.1 Å². The summed E-state index contributed by atoms with van der Waals surface area (Å²) in [7, 11) is 5.54. The van der Waals surface area contributed by atoms with E-state index in [4.69, 9.17) is 9.47 Å². The highest BCUT2D eigenvalue weighted by Crippen LogP contribution is 2.36. The molecule has 2 heterocycles. The summed E-state index contributed by atoms with van der Waals surface area (Å²) < 4.78 is 10.6. The SMILES string of the molecule is COc1ccc(C(=O)Oc2ccc3c(c2)NC(=O)/C3=C\c2[nH]c(C)c(C(=O)NCCCN(C)C)c2C)cc1. The highest BCUT2D eigenvalue weighted by Gasteiger charge is 2.26. The van der Waals surface area contributed by atoms with E-state index in [1.807, 2.05) is 27.9 Å². The average molecular weight is 517 g/mol. The number of fused-ring (bicyclic) bond motifs is 1. The fourth-order valence-electron chi connectivity index (χ4n) is 4.36. The molecule has 2 aromatic carbocycles. The number of nitrogens with zero attached hydrogens (tertiary/aromatic N) is 1. The Morgan fingerprint density at radius 3 is 2.45 bits per heavy atom. The Balaban J connectivity index is 1.51. The van der Waals surface area contributed by atoms with E-state index in [2.05, 4.69) is 20.5 Å². The van der Waals surface area contributed by atoms with Crippen molar-refractivity contribution < 1.29 is 23.9 Å². The maximum Gasteiger partial charge on any atom is 0.343 e. The van der Waals surface area contributed by atoms with Gasteiger partial charge in [0, 0.05) is 29.6 Å². The first-order valence-electron chi connectivity index (χ1n) is 12.3. The molecule has 4 rings (SSSR count). The minimum absolute atomic E-state index is 0.140. The van der Waals surface area contributed by atoms with Crippen LogP contribution in [0.2, 0.25) is 0 Å². The predicted molar refractivity (Wildman–Crippen MR) is 147 cm³/mol. The number of rotatable bonds is 9. The van der Waals surface area contributed by atoms with Gasteiger partial charge in [0.2, 0.25) is 0 Å². The number of anilines is 1. The number of esters is 1. The van der Waals surface area contributed by atoms with Gasteiger partial charge < -0.3 is 30.0 Å². The maximum atomic E-state index is 12.8. The van der Waals surface area contributed by atoms with Gasteiger partial charge in [-0.1, -0.05) is 0 Å². The Kier molecular flexibility index (Phi) is 7.97. The van der Waals surface area contributed by atoms with E-state index in [1.54, 1.807) is 55.7 Å². The number of aromatic amines is 1. The number of ether oxygens (including phenoxy) is 2. The second-order valence-electron chi connectivity index (χ2n) is 9.41. The van der Waals surface area contributed by atoms with Crippen molar-refractivity contribution in [3.05, 3.63) is 76.1 Å². The maximum absolute atomic E-state index is 12.8. The van der Waals surface area contributed by atoms with Crippen LogP contribution in [-0.4, -0.2) is 62.0 Å². The zero-order chi connectivity index (χ0) is 27.4. The van der Waals surface area contributed by atoms with Gasteiger partial charge in [0.15, 0.2) is 0 Å². The smallest absolute Gasteiger partial charge is 0.343 e. The molecule has 0 radical (unpaired) electrons. The molecule has 9 nitrogen and oxygen atoms in total. The van der Waals surface area contributed by atoms with Crippen LogP contribution in [0.5, 0.6) is 11.5 Å². The summed E-state index contributed by atoms with van der Waals surface area (Å²) >= 11 is 0. The first kappa shape index (κ1) is 26.7. The summed E-state index contributed by atoms with van der Waals surface area (Å²) in [5, 5.41) is 5.80. The molecule has 38 heavy (non-hydrogen) atoms. The lowest BCUT2D eigenvalue weighted by Gasteiger charge is -2.10.